The van der Waals surface area contributed by atoms with Crippen molar-refractivity contribution in [2.24, 2.45) is 5.41 Å². The van der Waals surface area contributed by atoms with Crippen molar-refractivity contribution in [2.75, 3.05) is 39.0 Å². The van der Waals surface area contributed by atoms with Crippen molar-refractivity contribution in [3.63, 3.8) is 0 Å². The maximum atomic E-state index is 11.9. The summed E-state index contributed by atoms with van der Waals surface area (Å²) in [6.45, 7) is 6.60. The Hall–Kier alpha value is -1.15. The van der Waals surface area contributed by atoms with Crippen LogP contribution < -0.4 is 5.32 Å². The van der Waals surface area contributed by atoms with E-state index in [-0.39, 0.29) is 18.4 Å². The minimum Gasteiger partial charge on any atom is -0.347 e. The van der Waals surface area contributed by atoms with Crippen LogP contribution in [0.1, 0.15) is 20.8 Å². The second kappa shape index (κ2) is 6.09. The Bertz CT molecular complexity index is 473. The second-order valence-corrected chi connectivity index (χ2v) is 7.96. The van der Waals surface area contributed by atoms with E-state index in [9.17, 15) is 18.0 Å². The lowest BCUT2D eigenvalue weighted by atomic mass is 9.96. The molecule has 0 radical (unpaired) electrons. The van der Waals surface area contributed by atoms with E-state index >= 15 is 0 Å². The predicted molar refractivity (Wildman–Crippen MR) is 75.5 cm³/mol. The van der Waals surface area contributed by atoms with Gasteiger partial charge < -0.3 is 10.2 Å². The number of hydrogen-bond donors (Lipinski definition) is 1. The molecule has 1 N–H and O–H groups in total. The Balaban J connectivity index is 2.42. The van der Waals surface area contributed by atoms with Gasteiger partial charge in [0.2, 0.25) is 21.8 Å². The first-order valence-corrected chi connectivity index (χ1v) is 8.38. The molecular weight excluding hydrogens is 282 g/mol. The van der Waals surface area contributed by atoms with Crippen molar-refractivity contribution in [3.05, 3.63) is 0 Å². The smallest absolute Gasteiger partial charge is 0.242 e. The SMILES string of the molecule is CC(C)(C)C(=O)NCC(=O)N1CCN(S(C)(=O)=O)CC1. The minimum absolute atomic E-state index is 0.0466. The topological polar surface area (TPSA) is 86.8 Å². The number of nitrogens with zero attached hydrogens (tertiary/aromatic N) is 2. The molecule has 2 amide bonds. The molecule has 0 bridgehead atoms. The van der Waals surface area contributed by atoms with Crippen LogP contribution in [0.3, 0.4) is 0 Å². The van der Waals surface area contributed by atoms with Crippen LogP contribution in [0.25, 0.3) is 0 Å². The molecule has 0 aromatic carbocycles. The fourth-order valence-corrected chi connectivity index (χ4v) is 2.63. The molecule has 0 atom stereocenters. The molecule has 1 aliphatic rings. The zero-order valence-electron chi connectivity index (χ0n) is 12.5. The van der Waals surface area contributed by atoms with E-state index in [2.05, 4.69) is 5.32 Å². The number of carbonyl (C=O) groups is 2. The maximum Gasteiger partial charge on any atom is 0.242 e. The summed E-state index contributed by atoms with van der Waals surface area (Å²) in [6, 6.07) is 0. The van der Waals surface area contributed by atoms with Gasteiger partial charge in [-0.05, 0) is 0 Å². The fraction of sp³-hybridized carbons (Fsp3) is 0.833. The highest BCUT2D eigenvalue weighted by Crippen LogP contribution is 2.12. The molecule has 7 nitrogen and oxygen atoms in total. The highest BCUT2D eigenvalue weighted by molar-refractivity contribution is 7.88. The standard InChI is InChI=1S/C12H23N3O4S/c1-12(2,3)11(17)13-9-10(16)14-5-7-15(8-6-14)20(4,18)19/h5-9H2,1-4H3,(H,13,17). The van der Waals surface area contributed by atoms with Gasteiger partial charge in [-0.25, -0.2) is 8.42 Å². The molecule has 1 aliphatic heterocycles. The van der Waals surface area contributed by atoms with Gasteiger partial charge in [-0.15, -0.1) is 0 Å². The van der Waals surface area contributed by atoms with E-state index in [0.717, 1.165) is 6.26 Å². The van der Waals surface area contributed by atoms with Crippen LogP contribution in [0.2, 0.25) is 0 Å². The molecule has 0 spiro atoms. The number of sulfonamides is 1. The number of piperazine rings is 1. The monoisotopic (exact) mass is 305 g/mol. The van der Waals surface area contributed by atoms with Crippen molar-refractivity contribution < 1.29 is 18.0 Å². The van der Waals surface area contributed by atoms with Crippen LogP contribution in [0.5, 0.6) is 0 Å². The van der Waals surface area contributed by atoms with Gasteiger partial charge in [0.05, 0.1) is 12.8 Å². The first kappa shape index (κ1) is 16.9. The van der Waals surface area contributed by atoms with E-state index < -0.39 is 15.4 Å². The predicted octanol–water partition coefficient (Wildman–Crippen LogP) is -0.747. The quantitative estimate of drug-likeness (QED) is 0.743. The van der Waals surface area contributed by atoms with Crippen LogP contribution in [-0.2, 0) is 19.6 Å². The fourth-order valence-electron chi connectivity index (χ4n) is 1.80. The summed E-state index contributed by atoms with van der Waals surface area (Å²) in [6.07, 6.45) is 1.16. The second-order valence-electron chi connectivity index (χ2n) is 5.98. The van der Waals surface area contributed by atoms with Crippen LogP contribution in [0.4, 0.5) is 0 Å². The summed E-state index contributed by atoms with van der Waals surface area (Å²) < 4.78 is 24.1. The molecular formula is C12H23N3O4S. The normalized spacial score (nSPS) is 17.9. The maximum absolute atomic E-state index is 11.9. The Morgan fingerprint density at radius 1 is 1.10 bits per heavy atom. The van der Waals surface area contributed by atoms with Crippen molar-refractivity contribution in [1.29, 1.82) is 0 Å². The minimum atomic E-state index is -3.19. The molecule has 1 heterocycles. The van der Waals surface area contributed by atoms with E-state index in [1.165, 1.54) is 4.31 Å². The third kappa shape index (κ3) is 4.75. The number of hydrogen-bond acceptors (Lipinski definition) is 4. The summed E-state index contributed by atoms with van der Waals surface area (Å²) >= 11 is 0. The average Bonchev–Trinajstić information content (AvgIpc) is 2.33. The van der Waals surface area contributed by atoms with Gasteiger partial charge in [-0.1, -0.05) is 20.8 Å². The molecule has 8 heteroatoms. The zero-order valence-corrected chi connectivity index (χ0v) is 13.3. The highest BCUT2D eigenvalue weighted by Gasteiger charge is 2.27. The Kier molecular flexibility index (Phi) is 5.15. The zero-order chi connectivity index (χ0) is 15.6. The van der Waals surface area contributed by atoms with Gasteiger partial charge in [0.25, 0.3) is 0 Å². The number of nitrogens with one attached hydrogen (secondary N) is 1. The average molecular weight is 305 g/mol. The first-order valence-electron chi connectivity index (χ1n) is 6.53. The number of amides is 2. The van der Waals surface area contributed by atoms with E-state index in [1.807, 2.05) is 0 Å². The molecule has 1 saturated heterocycles. The summed E-state index contributed by atoms with van der Waals surface area (Å²) in [5.74, 6) is -0.364. The van der Waals surface area contributed by atoms with E-state index in [4.69, 9.17) is 0 Å². The Morgan fingerprint density at radius 2 is 1.60 bits per heavy atom. The van der Waals surface area contributed by atoms with Gasteiger partial charge in [0.15, 0.2) is 0 Å². The van der Waals surface area contributed by atoms with Gasteiger partial charge in [-0.2, -0.15) is 4.31 Å². The van der Waals surface area contributed by atoms with Crippen molar-refractivity contribution in [2.45, 2.75) is 20.8 Å². The molecule has 0 unspecified atom stereocenters. The molecule has 0 aliphatic carbocycles. The van der Waals surface area contributed by atoms with Crippen LogP contribution in [0, 0.1) is 5.41 Å². The summed E-state index contributed by atoms with van der Waals surface area (Å²) in [7, 11) is -3.19. The molecule has 0 aromatic rings. The Morgan fingerprint density at radius 3 is 2.00 bits per heavy atom. The van der Waals surface area contributed by atoms with E-state index in [1.54, 1.807) is 25.7 Å². The van der Waals surface area contributed by atoms with Gasteiger partial charge in [0, 0.05) is 31.6 Å². The summed E-state index contributed by atoms with van der Waals surface area (Å²) in [5.41, 5.74) is -0.532. The van der Waals surface area contributed by atoms with Crippen molar-refractivity contribution >= 4 is 21.8 Å². The lowest BCUT2D eigenvalue weighted by Crippen LogP contribution is -2.52. The third-order valence-corrected chi connectivity index (χ3v) is 4.44. The molecule has 1 rings (SSSR count). The lowest BCUT2D eigenvalue weighted by molar-refractivity contribution is -0.135. The summed E-state index contributed by atoms with van der Waals surface area (Å²) in [5, 5.41) is 2.60. The first-order chi connectivity index (χ1) is 9.01. The molecule has 116 valence electrons. The van der Waals surface area contributed by atoms with Crippen LogP contribution in [-0.4, -0.2) is 68.4 Å². The largest absolute Gasteiger partial charge is 0.347 e. The highest BCUT2D eigenvalue weighted by atomic mass is 32.2. The Labute approximate surface area is 120 Å². The molecule has 0 saturated carbocycles. The number of rotatable bonds is 3. The third-order valence-electron chi connectivity index (χ3n) is 3.14. The van der Waals surface area contributed by atoms with E-state index in [0.29, 0.717) is 26.2 Å². The van der Waals surface area contributed by atoms with Gasteiger partial charge in [0.1, 0.15) is 0 Å². The lowest BCUT2D eigenvalue weighted by Gasteiger charge is -2.33. The molecule has 0 aromatic heterocycles. The van der Waals surface area contributed by atoms with Crippen LogP contribution >= 0.6 is 0 Å². The van der Waals surface area contributed by atoms with Crippen LogP contribution in [0.15, 0.2) is 0 Å². The van der Waals surface area contributed by atoms with Crippen molar-refractivity contribution in [1.82, 2.24) is 14.5 Å². The van der Waals surface area contributed by atoms with Gasteiger partial charge in [-0.3, -0.25) is 9.59 Å². The van der Waals surface area contributed by atoms with Gasteiger partial charge >= 0.3 is 0 Å². The molecule has 1 fully saturated rings. The molecule has 20 heavy (non-hydrogen) atoms. The van der Waals surface area contributed by atoms with Crippen molar-refractivity contribution in [3.8, 4) is 0 Å². The number of carbonyl (C=O) groups excluding carboxylic acids is 2. The summed E-state index contributed by atoms with van der Waals surface area (Å²) in [4.78, 5) is 25.2.